The molecule has 100 valence electrons. The van der Waals surface area contributed by atoms with Crippen LogP contribution in [0.3, 0.4) is 0 Å². The molecule has 0 aliphatic carbocycles. The van der Waals surface area contributed by atoms with Crippen LogP contribution >= 0.6 is 11.3 Å². The molecule has 0 aromatic carbocycles. The Kier molecular flexibility index (Phi) is 4.99. The molecule has 0 radical (unpaired) electrons. The minimum atomic E-state index is 0.357. The topological polar surface area (TPSA) is 54.5 Å². The van der Waals surface area contributed by atoms with Crippen LogP contribution in [0.5, 0.6) is 0 Å². The van der Waals surface area contributed by atoms with Crippen molar-refractivity contribution in [2.24, 2.45) is 10.7 Å². The zero-order valence-corrected chi connectivity index (χ0v) is 11.8. The van der Waals surface area contributed by atoms with Crippen LogP contribution in [0, 0.1) is 0 Å². The summed E-state index contributed by atoms with van der Waals surface area (Å²) >= 11 is 1.69. The first-order valence-electron chi connectivity index (χ1n) is 6.71. The first-order chi connectivity index (χ1) is 8.77. The van der Waals surface area contributed by atoms with Crippen molar-refractivity contribution >= 4 is 17.3 Å². The molecule has 2 heterocycles. The van der Waals surface area contributed by atoms with E-state index in [0.29, 0.717) is 11.9 Å². The molecule has 2 N–H and O–H groups in total. The van der Waals surface area contributed by atoms with Crippen LogP contribution in [0.15, 0.2) is 16.6 Å². The second-order valence-corrected chi connectivity index (χ2v) is 5.80. The average Bonchev–Trinajstić information content (AvgIpc) is 2.78. The van der Waals surface area contributed by atoms with Gasteiger partial charge in [-0.1, -0.05) is 19.8 Å². The molecular formula is C13H22N4S. The van der Waals surface area contributed by atoms with Crippen molar-refractivity contribution in [2.75, 3.05) is 19.6 Å². The number of aromatic nitrogens is 1. The molecule has 1 aliphatic heterocycles. The van der Waals surface area contributed by atoms with E-state index in [-0.39, 0.29) is 0 Å². The van der Waals surface area contributed by atoms with E-state index >= 15 is 0 Å². The van der Waals surface area contributed by atoms with Crippen molar-refractivity contribution in [1.29, 1.82) is 0 Å². The van der Waals surface area contributed by atoms with E-state index in [1.165, 1.54) is 25.7 Å². The maximum absolute atomic E-state index is 6.08. The number of hydrogen-bond acceptors (Lipinski definition) is 3. The molecule has 4 nitrogen and oxygen atoms in total. The molecule has 0 saturated carbocycles. The van der Waals surface area contributed by atoms with Gasteiger partial charge in [-0.3, -0.25) is 4.99 Å². The summed E-state index contributed by atoms with van der Waals surface area (Å²) in [6.45, 7) is 5.00. The molecule has 1 atom stereocenters. The van der Waals surface area contributed by atoms with Gasteiger partial charge >= 0.3 is 0 Å². The number of nitrogens with zero attached hydrogens (tertiary/aromatic N) is 3. The minimum absolute atomic E-state index is 0.357. The van der Waals surface area contributed by atoms with Gasteiger partial charge in [-0.2, -0.15) is 0 Å². The molecule has 5 heteroatoms. The van der Waals surface area contributed by atoms with Crippen LogP contribution in [0.2, 0.25) is 0 Å². The van der Waals surface area contributed by atoms with Crippen molar-refractivity contribution in [3.05, 3.63) is 16.6 Å². The third-order valence-corrected chi connectivity index (χ3v) is 4.34. The highest BCUT2D eigenvalue weighted by molar-refractivity contribution is 7.09. The van der Waals surface area contributed by atoms with Gasteiger partial charge in [-0.25, -0.2) is 4.98 Å². The van der Waals surface area contributed by atoms with Gasteiger partial charge in [0.1, 0.15) is 0 Å². The van der Waals surface area contributed by atoms with Gasteiger partial charge in [0.05, 0.1) is 11.6 Å². The van der Waals surface area contributed by atoms with E-state index in [9.17, 15) is 0 Å². The van der Waals surface area contributed by atoms with Crippen LogP contribution in [-0.4, -0.2) is 35.5 Å². The molecule has 1 fully saturated rings. The highest BCUT2D eigenvalue weighted by atomic mass is 32.1. The fourth-order valence-corrected chi connectivity index (χ4v) is 2.88. The molecule has 1 aromatic rings. The van der Waals surface area contributed by atoms with Crippen molar-refractivity contribution in [3.63, 3.8) is 0 Å². The Labute approximate surface area is 113 Å². The van der Waals surface area contributed by atoms with E-state index in [1.54, 1.807) is 11.3 Å². The Morgan fingerprint density at radius 2 is 2.17 bits per heavy atom. The summed E-state index contributed by atoms with van der Waals surface area (Å²) in [5, 5.41) is 3.15. The summed E-state index contributed by atoms with van der Waals surface area (Å²) in [4.78, 5) is 11.1. The zero-order chi connectivity index (χ0) is 12.8. The average molecular weight is 266 g/mol. The third-order valence-electron chi connectivity index (χ3n) is 3.33. The fraction of sp³-hybridized carbons (Fsp3) is 0.692. The normalized spacial score (nSPS) is 19.6. The molecule has 1 unspecified atom stereocenters. The Balaban J connectivity index is 1.87. The maximum Gasteiger partial charge on any atom is 0.191 e. The first kappa shape index (κ1) is 13.3. The van der Waals surface area contributed by atoms with Gasteiger partial charge in [0.25, 0.3) is 0 Å². The van der Waals surface area contributed by atoms with Crippen molar-refractivity contribution < 1.29 is 0 Å². The lowest BCUT2D eigenvalue weighted by atomic mass is 10.2. The Hall–Kier alpha value is -1.10. The number of guanidine groups is 1. The van der Waals surface area contributed by atoms with E-state index in [1.807, 2.05) is 11.6 Å². The summed E-state index contributed by atoms with van der Waals surface area (Å²) in [6, 6.07) is 0. The molecule has 0 bridgehead atoms. The fourth-order valence-electron chi connectivity index (χ4n) is 2.19. The Morgan fingerprint density at radius 1 is 1.44 bits per heavy atom. The van der Waals surface area contributed by atoms with Gasteiger partial charge in [0, 0.05) is 30.6 Å². The summed E-state index contributed by atoms with van der Waals surface area (Å²) < 4.78 is 0. The largest absolute Gasteiger partial charge is 0.370 e. The van der Waals surface area contributed by atoms with Crippen molar-refractivity contribution in [3.8, 4) is 0 Å². The van der Waals surface area contributed by atoms with Crippen LogP contribution in [0.1, 0.15) is 43.5 Å². The molecule has 1 aliphatic rings. The maximum atomic E-state index is 6.08. The number of thiazole rings is 1. The molecule has 1 aromatic heterocycles. The number of nitrogens with two attached hydrogens (primary N) is 1. The summed E-state index contributed by atoms with van der Waals surface area (Å²) in [5.74, 6) is 1.07. The lowest BCUT2D eigenvalue weighted by Gasteiger charge is -2.21. The molecule has 1 saturated heterocycles. The lowest BCUT2D eigenvalue weighted by Crippen LogP contribution is -2.38. The van der Waals surface area contributed by atoms with Gasteiger partial charge < -0.3 is 10.6 Å². The quantitative estimate of drug-likeness (QED) is 0.675. The van der Waals surface area contributed by atoms with Crippen molar-refractivity contribution in [1.82, 2.24) is 9.88 Å². The van der Waals surface area contributed by atoms with Crippen LogP contribution in [0.4, 0.5) is 0 Å². The number of rotatable bonds is 3. The number of aliphatic imine (C=N–C) groups is 1. The molecular weight excluding hydrogens is 244 g/mol. The minimum Gasteiger partial charge on any atom is -0.370 e. The van der Waals surface area contributed by atoms with Gasteiger partial charge in [-0.05, 0) is 12.8 Å². The van der Waals surface area contributed by atoms with E-state index < -0.39 is 0 Å². The highest BCUT2D eigenvalue weighted by Crippen LogP contribution is 2.17. The highest BCUT2D eigenvalue weighted by Gasteiger charge is 2.12. The summed E-state index contributed by atoms with van der Waals surface area (Å²) in [6.07, 6.45) is 6.95. The predicted octanol–water partition coefficient (Wildman–Crippen LogP) is 2.44. The first-order valence-corrected chi connectivity index (χ1v) is 7.59. The van der Waals surface area contributed by atoms with Crippen LogP contribution in [-0.2, 0) is 0 Å². The monoisotopic (exact) mass is 266 g/mol. The zero-order valence-electron chi connectivity index (χ0n) is 11.0. The number of likely N-dealkylation sites (tertiary alicyclic amines) is 1. The van der Waals surface area contributed by atoms with Crippen molar-refractivity contribution in [2.45, 2.75) is 38.5 Å². The summed E-state index contributed by atoms with van der Waals surface area (Å²) in [7, 11) is 0. The molecule has 0 amide bonds. The van der Waals surface area contributed by atoms with Gasteiger partial charge in [0.2, 0.25) is 0 Å². The standard InChI is InChI=1S/C13H22N4S/c1-11(12-15-6-9-18-12)10-16-13(14)17-7-4-2-3-5-8-17/h6,9,11H,2-5,7-8,10H2,1H3,(H2,14,16). The Bertz CT molecular complexity index is 366. The summed E-state index contributed by atoms with van der Waals surface area (Å²) in [5.41, 5.74) is 6.08. The predicted molar refractivity (Wildman–Crippen MR) is 77.1 cm³/mol. The van der Waals surface area contributed by atoms with E-state index in [2.05, 4.69) is 21.8 Å². The smallest absolute Gasteiger partial charge is 0.191 e. The van der Waals surface area contributed by atoms with Gasteiger partial charge in [0.15, 0.2) is 5.96 Å². The third kappa shape index (κ3) is 3.70. The van der Waals surface area contributed by atoms with Crippen LogP contribution in [0.25, 0.3) is 0 Å². The molecule has 18 heavy (non-hydrogen) atoms. The van der Waals surface area contributed by atoms with Crippen LogP contribution < -0.4 is 5.73 Å². The lowest BCUT2D eigenvalue weighted by molar-refractivity contribution is 0.428. The molecule has 0 spiro atoms. The van der Waals surface area contributed by atoms with Gasteiger partial charge in [-0.15, -0.1) is 11.3 Å². The second-order valence-electron chi connectivity index (χ2n) is 4.87. The Morgan fingerprint density at radius 3 is 2.78 bits per heavy atom. The van der Waals surface area contributed by atoms with E-state index in [0.717, 1.165) is 24.6 Å². The second kappa shape index (κ2) is 6.73. The SMILES string of the molecule is CC(CN=C(N)N1CCCCCC1)c1nccs1. The molecule has 2 rings (SSSR count). The number of hydrogen-bond donors (Lipinski definition) is 1. The van der Waals surface area contributed by atoms with E-state index in [4.69, 9.17) is 5.73 Å².